The molecule has 172 valence electrons. The molecular weight excluding hydrogens is 457 g/mol. The lowest BCUT2D eigenvalue weighted by Gasteiger charge is -2.23. The van der Waals surface area contributed by atoms with Gasteiger partial charge in [-0.25, -0.2) is 22.8 Å². The number of urea groups is 2. The van der Waals surface area contributed by atoms with Gasteiger partial charge in [0, 0.05) is 35.6 Å². The number of hydrogen-bond donors (Lipinski definition) is 3. The monoisotopic (exact) mass is 476 g/mol. The summed E-state index contributed by atoms with van der Waals surface area (Å²) in [7, 11) is 0. The van der Waals surface area contributed by atoms with Crippen LogP contribution in [0, 0.1) is 17.5 Å². The standard InChI is InChI=1S/C23H20ClF3N4O2/c24-15-2-7-18(8-3-15)29-23(33)31(19-9-4-16(25)5-10-19)13-1-12-28-22(32)30-21-11-6-17(26)14-20(21)27/h2-11,14H,1,12-13H2,(H,29,33)(H2,28,30,32). The van der Waals surface area contributed by atoms with Crippen molar-refractivity contribution in [3.63, 3.8) is 0 Å². The van der Waals surface area contributed by atoms with E-state index in [4.69, 9.17) is 11.6 Å². The molecule has 33 heavy (non-hydrogen) atoms. The molecule has 10 heteroatoms. The van der Waals surface area contributed by atoms with Crippen LogP contribution in [0.15, 0.2) is 66.7 Å². The molecule has 3 N–H and O–H groups in total. The first-order valence-electron chi connectivity index (χ1n) is 9.91. The Morgan fingerprint density at radius 1 is 0.848 bits per heavy atom. The molecule has 0 aromatic heterocycles. The van der Waals surface area contributed by atoms with Gasteiger partial charge in [0.25, 0.3) is 0 Å². The van der Waals surface area contributed by atoms with Crippen molar-refractivity contribution in [1.29, 1.82) is 0 Å². The molecule has 0 spiro atoms. The first kappa shape index (κ1) is 23.9. The van der Waals surface area contributed by atoms with E-state index in [1.165, 1.54) is 29.2 Å². The van der Waals surface area contributed by atoms with Crippen molar-refractivity contribution in [2.75, 3.05) is 28.6 Å². The summed E-state index contributed by atoms with van der Waals surface area (Å²) in [5.41, 5.74) is 0.820. The van der Waals surface area contributed by atoms with Crippen LogP contribution < -0.4 is 20.9 Å². The number of anilines is 3. The van der Waals surface area contributed by atoms with Crippen LogP contribution in [0.5, 0.6) is 0 Å². The molecule has 0 aliphatic rings. The van der Waals surface area contributed by atoms with E-state index in [1.54, 1.807) is 24.3 Å². The fraction of sp³-hybridized carbons (Fsp3) is 0.130. The van der Waals surface area contributed by atoms with Gasteiger partial charge in [-0.05, 0) is 67.1 Å². The van der Waals surface area contributed by atoms with Gasteiger partial charge < -0.3 is 16.0 Å². The van der Waals surface area contributed by atoms with Crippen molar-refractivity contribution >= 4 is 40.7 Å². The first-order valence-corrected chi connectivity index (χ1v) is 10.3. The molecule has 0 heterocycles. The number of rotatable bonds is 7. The zero-order chi connectivity index (χ0) is 23.8. The molecule has 6 nitrogen and oxygen atoms in total. The van der Waals surface area contributed by atoms with E-state index in [0.29, 0.717) is 28.9 Å². The van der Waals surface area contributed by atoms with E-state index < -0.39 is 29.5 Å². The van der Waals surface area contributed by atoms with E-state index in [1.807, 2.05) is 0 Å². The van der Waals surface area contributed by atoms with E-state index in [-0.39, 0.29) is 18.8 Å². The van der Waals surface area contributed by atoms with Crippen molar-refractivity contribution in [2.24, 2.45) is 0 Å². The maximum Gasteiger partial charge on any atom is 0.326 e. The predicted octanol–water partition coefficient (Wildman–Crippen LogP) is 6.01. The quantitative estimate of drug-likeness (QED) is 0.365. The van der Waals surface area contributed by atoms with Crippen LogP contribution in [0.4, 0.5) is 39.8 Å². The Morgan fingerprint density at radius 2 is 1.52 bits per heavy atom. The van der Waals surface area contributed by atoms with Gasteiger partial charge in [0.15, 0.2) is 0 Å². The minimum atomic E-state index is -0.897. The Bertz CT molecular complexity index is 1110. The number of nitrogens with zero attached hydrogens (tertiary/aromatic N) is 1. The topological polar surface area (TPSA) is 73.5 Å². The van der Waals surface area contributed by atoms with E-state index >= 15 is 0 Å². The van der Waals surface area contributed by atoms with Crippen LogP contribution in [-0.2, 0) is 0 Å². The SMILES string of the molecule is O=C(NCCCN(C(=O)Nc1ccc(Cl)cc1)c1ccc(F)cc1)Nc1ccc(F)cc1F. The third kappa shape index (κ3) is 7.15. The van der Waals surface area contributed by atoms with E-state index in [0.717, 1.165) is 12.1 Å². The maximum absolute atomic E-state index is 13.6. The lowest BCUT2D eigenvalue weighted by atomic mass is 10.2. The molecular formula is C23H20ClF3N4O2. The second-order valence-corrected chi connectivity index (χ2v) is 7.36. The largest absolute Gasteiger partial charge is 0.338 e. The zero-order valence-electron chi connectivity index (χ0n) is 17.2. The molecule has 0 fully saturated rings. The number of carbonyl (C=O) groups excluding carboxylic acids is 2. The Kier molecular flexibility index (Phi) is 8.15. The fourth-order valence-electron chi connectivity index (χ4n) is 2.89. The minimum absolute atomic E-state index is 0.153. The Hall–Kier alpha value is -3.72. The van der Waals surface area contributed by atoms with Gasteiger partial charge >= 0.3 is 12.1 Å². The number of benzene rings is 3. The number of amides is 4. The molecule has 0 radical (unpaired) electrons. The second kappa shape index (κ2) is 11.2. The average Bonchev–Trinajstić information content (AvgIpc) is 2.78. The van der Waals surface area contributed by atoms with Crippen molar-refractivity contribution in [1.82, 2.24) is 5.32 Å². The number of carbonyl (C=O) groups is 2. The summed E-state index contributed by atoms with van der Waals surface area (Å²) in [4.78, 5) is 26.2. The van der Waals surface area contributed by atoms with Crippen LogP contribution in [0.1, 0.15) is 6.42 Å². The molecule has 3 rings (SSSR count). The molecule has 0 aliphatic carbocycles. The average molecular weight is 477 g/mol. The zero-order valence-corrected chi connectivity index (χ0v) is 18.0. The molecule has 3 aromatic rings. The fourth-order valence-corrected chi connectivity index (χ4v) is 3.02. The second-order valence-electron chi connectivity index (χ2n) is 6.92. The highest BCUT2D eigenvalue weighted by molar-refractivity contribution is 6.30. The van der Waals surface area contributed by atoms with Crippen LogP contribution in [-0.4, -0.2) is 25.2 Å². The first-order chi connectivity index (χ1) is 15.8. The van der Waals surface area contributed by atoms with Crippen molar-refractivity contribution in [2.45, 2.75) is 6.42 Å². The third-order valence-corrected chi connectivity index (χ3v) is 4.75. The molecule has 0 bridgehead atoms. The Balaban J connectivity index is 1.58. The van der Waals surface area contributed by atoms with Crippen LogP contribution in [0.2, 0.25) is 5.02 Å². The highest BCUT2D eigenvalue weighted by Crippen LogP contribution is 2.19. The number of nitrogens with one attached hydrogen (secondary N) is 3. The van der Waals surface area contributed by atoms with E-state index in [9.17, 15) is 22.8 Å². The molecule has 3 aromatic carbocycles. The van der Waals surface area contributed by atoms with Gasteiger partial charge in [-0.1, -0.05) is 11.6 Å². The molecule has 0 saturated heterocycles. The van der Waals surface area contributed by atoms with Crippen LogP contribution in [0.3, 0.4) is 0 Å². The summed E-state index contributed by atoms with van der Waals surface area (Å²) in [5.74, 6) is -2.09. The smallest absolute Gasteiger partial charge is 0.326 e. The molecule has 0 unspecified atom stereocenters. The van der Waals surface area contributed by atoms with Gasteiger partial charge in [-0.15, -0.1) is 0 Å². The van der Waals surface area contributed by atoms with Crippen LogP contribution in [0.25, 0.3) is 0 Å². The summed E-state index contributed by atoms with van der Waals surface area (Å²) in [5, 5.41) is 8.09. The molecule has 0 atom stereocenters. The van der Waals surface area contributed by atoms with Gasteiger partial charge in [0.05, 0.1) is 5.69 Å². The van der Waals surface area contributed by atoms with Gasteiger partial charge in [0.1, 0.15) is 17.5 Å². The molecule has 4 amide bonds. The maximum atomic E-state index is 13.6. The van der Waals surface area contributed by atoms with Gasteiger partial charge in [-0.3, -0.25) is 4.90 Å². The molecule has 0 aliphatic heterocycles. The normalized spacial score (nSPS) is 10.4. The minimum Gasteiger partial charge on any atom is -0.338 e. The lowest BCUT2D eigenvalue weighted by Crippen LogP contribution is -2.38. The number of hydrogen-bond acceptors (Lipinski definition) is 2. The van der Waals surface area contributed by atoms with E-state index in [2.05, 4.69) is 16.0 Å². The van der Waals surface area contributed by atoms with Crippen molar-refractivity contribution < 1.29 is 22.8 Å². The summed E-state index contributed by atoms with van der Waals surface area (Å²) in [6.45, 7) is 0.344. The third-order valence-electron chi connectivity index (χ3n) is 4.50. The highest BCUT2D eigenvalue weighted by Gasteiger charge is 2.16. The van der Waals surface area contributed by atoms with Gasteiger partial charge in [-0.2, -0.15) is 0 Å². The Labute approximate surface area is 193 Å². The van der Waals surface area contributed by atoms with Crippen LogP contribution >= 0.6 is 11.6 Å². The van der Waals surface area contributed by atoms with Gasteiger partial charge in [0.2, 0.25) is 0 Å². The lowest BCUT2D eigenvalue weighted by molar-refractivity contribution is 0.252. The number of halogens is 4. The van der Waals surface area contributed by atoms with Crippen molar-refractivity contribution in [3.05, 3.63) is 89.2 Å². The van der Waals surface area contributed by atoms with Crippen molar-refractivity contribution in [3.8, 4) is 0 Å². The highest BCUT2D eigenvalue weighted by atomic mass is 35.5. The Morgan fingerprint density at radius 3 is 2.18 bits per heavy atom. The summed E-state index contributed by atoms with van der Waals surface area (Å²) in [6, 6.07) is 13.6. The summed E-state index contributed by atoms with van der Waals surface area (Å²) in [6.07, 6.45) is 0.338. The predicted molar refractivity (Wildman–Crippen MR) is 122 cm³/mol. The summed E-state index contributed by atoms with van der Waals surface area (Å²) < 4.78 is 39.9. The molecule has 0 saturated carbocycles. The summed E-state index contributed by atoms with van der Waals surface area (Å²) >= 11 is 5.86.